The minimum absolute atomic E-state index is 0.0522. The van der Waals surface area contributed by atoms with Crippen molar-refractivity contribution in [3.63, 3.8) is 0 Å². The third-order valence-corrected chi connectivity index (χ3v) is 3.80. The normalized spacial score (nSPS) is 29.0. The molecule has 1 heterocycles. The highest BCUT2D eigenvalue weighted by Gasteiger charge is 2.46. The van der Waals surface area contributed by atoms with Crippen molar-refractivity contribution in [2.45, 2.75) is 64.6 Å². The number of carbonyl (C=O) groups is 3. The molecule has 1 saturated heterocycles. The van der Waals surface area contributed by atoms with Gasteiger partial charge in [0, 0.05) is 32.8 Å². The first kappa shape index (κ1) is 21.3. The van der Waals surface area contributed by atoms with Crippen LogP contribution in [-0.2, 0) is 33.3 Å². The van der Waals surface area contributed by atoms with Gasteiger partial charge in [-0.05, 0) is 12.8 Å². The fourth-order valence-electron chi connectivity index (χ4n) is 2.49. The van der Waals surface area contributed by atoms with Crippen LogP contribution in [0.25, 0.3) is 0 Å². The van der Waals surface area contributed by atoms with Crippen LogP contribution >= 0.6 is 0 Å². The van der Waals surface area contributed by atoms with Gasteiger partial charge in [0.05, 0.1) is 0 Å². The molecule has 1 rings (SSSR count). The van der Waals surface area contributed by atoms with Gasteiger partial charge in [0.2, 0.25) is 0 Å². The van der Waals surface area contributed by atoms with Crippen LogP contribution in [0.5, 0.6) is 0 Å². The summed E-state index contributed by atoms with van der Waals surface area (Å²) in [6.45, 7) is 4.21. The summed E-state index contributed by atoms with van der Waals surface area (Å²) >= 11 is 0. The molecule has 0 aromatic carbocycles. The van der Waals surface area contributed by atoms with Gasteiger partial charge < -0.3 is 29.2 Å². The van der Waals surface area contributed by atoms with Gasteiger partial charge in [-0.15, -0.1) is 0 Å². The van der Waals surface area contributed by atoms with Crippen LogP contribution in [-0.4, -0.2) is 65.9 Å². The van der Waals surface area contributed by atoms with Crippen LogP contribution in [0, 0.1) is 5.92 Å². The van der Waals surface area contributed by atoms with Crippen LogP contribution < -0.4 is 0 Å². The molecule has 2 N–H and O–H groups in total. The predicted molar refractivity (Wildman–Crippen MR) is 83.5 cm³/mol. The molecule has 144 valence electrons. The molecule has 25 heavy (non-hydrogen) atoms. The van der Waals surface area contributed by atoms with Gasteiger partial charge in [0.15, 0.2) is 12.4 Å². The second-order valence-corrected chi connectivity index (χ2v) is 5.99. The van der Waals surface area contributed by atoms with Crippen LogP contribution in [0.4, 0.5) is 0 Å². The Morgan fingerprint density at radius 1 is 1.12 bits per heavy atom. The van der Waals surface area contributed by atoms with Gasteiger partial charge in [-0.25, -0.2) is 0 Å². The number of esters is 2. The van der Waals surface area contributed by atoms with Crippen molar-refractivity contribution >= 4 is 17.9 Å². The van der Waals surface area contributed by atoms with E-state index in [0.717, 1.165) is 0 Å². The third kappa shape index (κ3) is 7.37. The Kier molecular flexibility index (Phi) is 8.81. The number of aliphatic hydroxyl groups excluding tert-OH is 1. The molecular formula is C16H26O9. The largest absolute Gasteiger partial charge is 0.481 e. The summed E-state index contributed by atoms with van der Waals surface area (Å²) in [4.78, 5) is 32.7. The van der Waals surface area contributed by atoms with E-state index < -0.39 is 48.4 Å². The average molecular weight is 362 g/mol. The lowest BCUT2D eigenvalue weighted by atomic mass is 9.92. The Hall–Kier alpha value is -1.71. The Balaban J connectivity index is 2.63. The summed E-state index contributed by atoms with van der Waals surface area (Å²) in [6, 6.07) is 0. The van der Waals surface area contributed by atoms with E-state index in [1.807, 2.05) is 0 Å². The second kappa shape index (κ2) is 10.3. The van der Waals surface area contributed by atoms with E-state index in [-0.39, 0.29) is 19.6 Å². The molecule has 0 spiro atoms. The smallest absolute Gasteiger partial charge is 0.303 e. The van der Waals surface area contributed by atoms with Gasteiger partial charge in [-0.2, -0.15) is 0 Å². The summed E-state index contributed by atoms with van der Waals surface area (Å²) in [6.07, 6.45) is -2.63. The van der Waals surface area contributed by atoms with Gasteiger partial charge in [0.25, 0.3) is 0 Å². The molecule has 0 aromatic rings. The zero-order valence-electron chi connectivity index (χ0n) is 14.7. The summed E-state index contributed by atoms with van der Waals surface area (Å²) in [5, 5.41) is 19.0. The van der Waals surface area contributed by atoms with Crippen molar-refractivity contribution in [2.75, 3.05) is 13.2 Å². The molecule has 1 fully saturated rings. The highest BCUT2D eigenvalue weighted by molar-refractivity contribution is 5.67. The number of hydrogen-bond acceptors (Lipinski definition) is 8. The molecule has 0 radical (unpaired) electrons. The van der Waals surface area contributed by atoms with E-state index in [4.69, 9.17) is 24.1 Å². The van der Waals surface area contributed by atoms with E-state index >= 15 is 0 Å². The monoisotopic (exact) mass is 362 g/mol. The van der Waals surface area contributed by atoms with E-state index in [9.17, 15) is 19.5 Å². The van der Waals surface area contributed by atoms with E-state index in [1.54, 1.807) is 6.92 Å². The number of hydrogen-bond donors (Lipinski definition) is 2. The van der Waals surface area contributed by atoms with Crippen LogP contribution in [0.15, 0.2) is 0 Å². The SMILES string of the molecule is CC(=O)OCC1OC(OCCCCC(=O)O)C(C)C(O)C1OC(C)=O. The first-order valence-electron chi connectivity index (χ1n) is 8.20. The summed E-state index contributed by atoms with van der Waals surface area (Å²) in [7, 11) is 0. The number of carbonyl (C=O) groups excluding carboxylic acids is 2. The molecular weight excluding hydrogens is 336 g/mol. The number of aliphatic hydroxyl groups is 1. The van der Waals surface area contributed by atoms with Crippen molar-refractivity contribution < 1.29 is 43.5 Å². The van der Waals surface area contributed by atoms with Crippen LogP contribution in [0.1, 0.15) is 40.0 Å². The lowest BCUT2D eigenvalue weighted by Gasteiger charge is -2.42. The Morgan fingerprint density at radius 2 is 1.80 bits per heavy atom. The topological polar surface area (TPSA) is 129 Å². The Labute approximate surface area is 146 Å². The zero-order chi connectivity index (χ0) is 19.0. The number of carboxylic acid groups (broad SMARTS) is 1. The van der Waals surface area contributed by atoms with Crippen molar-refractivity contribution in [1.82, 2.24) is 0 Å². The summed E-state index contributed by atoms with van der Waals surface area (Å²) in [5.41, 5.74) is 0. The summed E-state index contributed by atoms with van der Waals surface area (Å²) in [5.74, 6) is -2.47. The number of aliphatic carboxylic acids is 1. The molecule has 0 aliphatic carbocycles. The number of unbranched alkanes of at least 4 members (excludes halogenated alkanes) is 1. The van der Waals surface area contributed by atoms with Crippen molar-refractivity contribution in [2.24, 2.45) is 5.92 Å². The van der Waals surface area contributed by atoms with Crippen molar-refractivity contribution in [3.8, 4) is 0 Å². The molecule has 9 heteroatoms. The molecule has 5 unspecified atom stereocenters. The Bertz CT molecular complexity index is 465. The average Bonchev–Trinajstić information content (AvgIpc) is 2.51. The highest BCUT2D eigenvalue weighted by Crippen LogP contribution is 2.29. The minimum atomic E-state index is -1.05. The van der Waals surface area contributed by atoms with Gasteiger partial charge in [0.1, 0.15) is 18.8 Å². The number of carboxylic acids is 1. The van der Waals surface area contributed by atoms with Crippen LogP contribution in [0.2, 0.25) is 0 Å². The van der Waals surface area contributed by atoms with Crippen molar-refractivity contribution in [1.29, 1.82) is 0 Å². The minimum Gasteiger partial charge on any atom is -0.481 e. The van der Waals surface area contributed by atoms with Gasteiger partial charge >= 0.3 is 17.9 Å². The fraction of sp³-hybridized carbons (Fsp3) is 0.812. The molecule has 0 bridgehead atoms. The molecule has 0 saturated carbocycles. The highest BCUT2D eigenvalue weighted by atomic mass is 16.7. The Morgan fingerprint density at radius 3 is 2.36 bits per heavy atom. The van der Waals surface area contributed by atoms with E-state index in [1.165, 1.54) is 13.8 Å². The quantitative estimate of drug-likeness (QED) is 0.444. The molecule has 1 aliphatic rings. The maximum atomic E-state index is 11.3. The van der Waals surface area contributed by atoms with E-state index in [0.29, 0.717) is 12.8 Å². The lowest BCUT2D eigenvalue weighted by Crippen LogP contribution is -2.57. The zero-order valence-corrected chi connectivity index (χ0v) is 14.7. The standard InChI is InChI=1S/C16H26O9/c1-9-14(21)15(24-11(3)18)12(8-23-10(2)17)25-16(9)22-7-5-4-6-13(19)20/h9,12,14-16,21H,4-8H2,1-3H3,(H,19,20). The third-order valence-electron chi connectivity index (χ3n) is 3.80. The first-order valence-corrected chi connectivity index (χ1v) is 8.20. The second-order valence-electron chi connectivity index (χ2n) is 5.99. The van der Waals surface area contributed by atoms with Crippen molar-refractivity contribution in [3.05, 3.63) is 0 Å². The maximum Gasteiger partial charge on any atom is 0.303 e. The fourth-order valence-corrected chi connectivity index (χ4v) is 2.49. The van der Waals surface area contributed by atoms with Crippen LogP contribution in [0.3, 0.4) is 0 Å². The molecule has 5 atom stereocenters. The number of rotatable bonds is 9. The molecule has 9 nitrogen and oxygen atoms in total. The predicted octanol–water partition coefficient (Wildman–Crippen LogP) is 0.475. The van der Waals surface area contributed by atoms with E-state index in [2.05, 4.69) is 0 Å². The molecule has 0 amide bonds. The first-order chi connectivity index (χ1) is 11.7. The maximum absolute atomic E-state index is 11.3. The number of ether oxygens (including phenoxy) is 4. The van der Waals surface area contributed by atoms with Gasteiger partial charge in [-0.3, -0.25) is 14.4 Å². The lowest BCUT2D eigenvalue weighted by molar-refractivity contribution is -0.286. The van der Waals surface area contributed by atoms with Gasteiger partial charge in [-0.1, -0.05) is 6.92 Å². The molecule has 1 aliphatic heterocycles. The molecule has 0 aromatic heterocycles. The summed E-state index contributed by atoms with van der Waals surface area (Å²) < 4.78 is 21.3.